The molecule has 1 aliphatic rings. The summed E-state index contributed by atoms with van der Waals surface area (Å²) >= 11 is 1.25. The van der Waals surface area contributed by atoms with Crippen molar-refractivity contribution in [3.05, 3.63) is 52.8 Å². The number of amides is 3. The topological polar surface area (TPSA) is 83.1 Å². The van der Waals surface area contributed by atoms with E-state index >= 15 is 0 Å². The Morgan fingerprint density at radius 3 is 2.71 bits per heavy atom. The molecule has 0 unspecified atom stereocenters. The van der Waals surface area contributed by atoms with Crippen LogP contribution in [0, 0.1) is 5.82 Å². The number of carbonyl (C=O) groups is 2. The van der Waals surface area contributed by atoms with Gasteiger partial charge in [0.2, 0.25) is 5.91 Å². The van der Waals surface area contributed by atoms with E-state index in [-0.39, 0.29) is 18.1 Å². The summed E-state index contributed by atoms with van der Waals surface area (Å²) in [5.41, 5.74) is 2.51. The number of nitrogens with one attached hydrogen (secondary N) is 3. The number of allylic oxidation sites excluding steroid dienone is 1. The van der Waals surface area contributed by atoms with Crippen molar-refractivity contribution in [2.75, 3.05) is 17.2 Å². The zero-order valence-electron chi connectivity index (χ0n) is 15.5. The maximum Gasteiger partial charge on any atom is 0.325 e. The Balaban J connectivity index is 1.40. The lowest BCUT2D eigenvalue weighted by molar-refractivity contribution is -0.120. The van der Waals surface area contributed by atoms with Crippen LogP contribution in [0.1, 0.15) is 37.8 Å². The van der Waals surface area contributed by atoms with Gasteiger partial charge in [0.25, 0.3) is 0 Å². The number of benzene rings is 1. The van der Waals surface area contributed by atoms with Gasteiger partial charge in [-0.15, -0.1) is 11.3 Å². The van der Waals surface area contributed by atoms with Gasteiger partial charge in [-0.3, -0.25) is 10.1 Å². The highest BCUT2D eigenvalue weighted by atomic mass is 32.1. The minimum Gasteiger partial charge on any atom is -0.355 e. The van der Waals surface area contributed by atoms with Crippen molar-refractivity contribution in [3.8, 4) is 0 Å². The van der Waals surface area contributed by atoms with Crippen molar-refractivity contribution >= 4 is 34.1 Å². The fraction of sp³-hybridized carbons (Fsp3) is 0.350. The molecule has 6 nitrogen and oxygen atoms in total. The van der Waals surface area contributed by atoms with Crippen molar-refractivity contribution in [2.24, 2.45) is 0 Å². The van der Waals surface area contributed by atoms with Crippen LogP contribution in [0.4, 0.5) is 20.0 Å². The molecule has 2 aromatic rings. The van der Waals surface area contributed by atoms with E-state index in [1.165, 1.54) is 54.0 Å². The van der Waals surface area contributed by atoms with Gasteiger partial charge in [0, 0.05) is 17.6 Å². The number of carbonyl (C=O) groups excluding carboxylic acids is 2. The van der Waals surface area contributed by atoms with Crippen LogP contribution in [-0.4, -0.2) is 23.5 Å². The van der Waals surface area contributed by atoms with Crippen molar-refractivity contribution < 1.29 is 14.0 Å². The highest BCUT2D eigenvalue weighted by Gasteiger charge is 2.11. The van der Waals surface area contributed by atoms with E-state index in [0.717, 1.165) is 19.3 Å². The molecule has 0 bridgehead atoms. The summed E-state index contributed by atoms with van der Waals surface area (Å²) in [4.78, 5) is 28.3. The normalized spacial score (nSPS) is 13.5. The Morgan fingerprint density at radius 1 is 1.14 bits per heavy atom. The van der Waals surface area contributed by atoms with Gasteiger partial charge in [0.15, 0.2) is 5.13 Å². The SMILES string of the molecule is O=C(Cc1csc(NC(=O)Nc2ccc(F)cc2)n1)NCCC1=CCCCC1. The van der Waals surface area contributed by atoms with Crippen molar-refractivity contribution in [2.45, 2.75) is 38.5 Å². The summed E-state index contributed by atoms with van der Waals surface area (Å²) in [6.07, 6.45) is 8.14. The highest BCUT2D eigenvalue weighted by molar-refractivity contribution is 7.14. The van der Waals surface area contributed by atoms with Gasteiger partial charge in [-0.2, -0.15) is 0 Å². The third-order valence-corrected chi connectivity index (χ3v) is 5.18. The Hall–Kier alpha value is -2.74. The molecule has 148 valence electrons. The average molecular weight is 402 g/mol. The number of anilines is 2. The first-order chi connectivity index (χ1) is 13.6. The number of urea groups is 1. The number of hydrogen-bond acceptors (Lipinski definition) is 4. The zero-order valence-corrected chi connectivity index (χ0v) is 16.3. The molecular weight excluding hydrogens is 379 g/mol. The number of halogens is 1. The third-order valence-electron chi connectivity index (χ3n) is 4.37. The molecule has 3 rings (SSSR count). The van der Waals surface area contributed by atoms with E-state index in [0.29, 0.717) is 23.1 Å². The van der Waals surface area contributed by atoms with Gasteiger partial charge >= 0.3 is 6.03 Å². The van der Waals surface area contributed by atoms with E-state index in [2.05, 4.69) is 27.0 Å². The second-order valence-electron chi connectivity index (χ2n) is 6.61. The molecule has 0 saturated carbocycles. The lowest BCUT2D eigenvalue weighted by Gasteiger charge is -2.12. The van der Waals surface area contributed by atoms with Gasteiger partial charge in [0.05, 0.1) is 12.1 Å². The molecule has 1 aromatic heterocycles. The van der Waals surface area contributed by atoms with Crippen molar-refractivity contribution in [1.82, 2.24) is 10.3 Å². The molecule has 28 heavy (non-hydrogen) atoms. The van der Waals surface area contributed by atoms with Gasteiger partial charge in [-0.05, 0) is 56.4 Å². The van der Waals surface area contributed by atoms with Crippen LogP contribution in [0.3, 0.4) is 0 Å². The second-order valence-corrected chi connectivity index (χ2v) is 7.47. The number of hydrogen-bond donors (Lipinski definition) is 3. The van der Waals surface area contributed by atoms with E-state index in [1.54, 1.807) is 5.38 Å². The molecule has 8 heteroatoms. The van der Waals surface area contributed by atoms with E-state index in [4.69, 9.17) is 0 Å². The van der Waals surface area contributed by atoms with Crippen LogP contribution in [0.15, 0.2) is 41.3 Å². The number of thiazole rings is 1. The van der Waals surface area contributed by atoms with Crippen LogP contribution in [0.25, 0.3) is 0 Å². The summed E-state index contributed by atoms with van der Waals surface area (Å²) in [6, 6.07) is 4.99. The predicted octanol–water partition coefficient (Wildman–Crippen LogP) is 4.48. The first-order valence-corrected chi connectivity index (χ1v) is 10.2. The quantitative estimate of drug-likeness (QED) is 0.597. The maximum atomic E-state index is 12.9. The van der Waals surface area contributed by atoms with Gasteiger partial charge < -0.3 is 10.6 Å². The largest absolute Gasteiger partial charge is 0.355 e. The Bertz CT molecular complexity index is 848. The summed E-state index contributed by atoms with van der Waals surface area (Å²) < 4.78 is 12.9. The monoisotopic (exact) mass is 402 g/mol. The molecule has 1 heterocycles. The van der Waals surface area contributed by atoms with Crippen molar-refractivity contribution in [1.29, 1.82) is 0 Å². The molecule has 0 fully saturated rings. The summed E-state index contributed by atoms with van der Waals surface area (Å²) in [7, 11) is 0. The van der Waals surface area contributed by atoms with Gasteiger partial charge in [0.1, 0.15) is 5.82 Å². The average Bonchev–Trinajstić information content (AvgIpc) is 3.11. The number of rotatable bonds is 7. The first-order valence-electron chi connectivity index (χ1n) is 9.31. The molecule has 1 aromatic carbocycles. The molecule has 0 radical (unpaired) electrons. The standard InChI is InChI=1S/C20H23FN4O2S/c21-15-6-8-16(9-7-15)23-19(27)25-20-24-17(13-28-20)12-18(26)22-11-10-14-4-2-1-3-5-14/h4,6-9,13H,1-3,5,10-12H2,(H,22,26)(H2,23,24,25,27). The molecular formula is C20H23FN4O2S. The molecule has 0 spiro atoms. The minimum absolute atomic E-state index is 0.0796. The predicted molar refractivity (Wildman–Crippen MR) is 109 cm³/mol. The van der Waals surface area contributed by atoms with E-state index < -0.39 is 6.03 Å². The molecule has 0 atom stereocenters. The lowest BCUT2D eigenvalue weighted by atomic mass is 9.97. The number of aromatic nitrogens is 1. The highest BCUT2D eigenvalue weighted by Crippen LogP contribution is 2.19. The lowest BCUT2D eigenvalue weighted by Crippen LogP contribution is -2.26. The van der Waals surface area contributed by atoms with Crippen LogP contribution in [0.2, 0.25) is 0 Å². The summed E-state index contributed by atoms with van der Waals surface area (Å²) in [6.45, 7) is 0.639. The first kappa shape index (κ1) is 20.0. The maximum absolute atomic E-state index is 12.9. The summed E-state index contributed by atoms with van der Waals surface area (Å²) in [5.74, 6) is -0.451. The Morgan fingerprint density at radius 2 is 1.96 bits per heavy atom. The molecule has 1 aliphatic carbocycles. The zero-order chi connectivity index (χ0) is 19.8. The van der Waals surface area contributed by atoms with Crippen LogP contribution in [-0.2, 0) is 11.2 Å². The minimum atomic E-state index is -0.474. The third kappa shape index (κ3) is 6.45. The number of nitrogens with zero attached hydrogens (tertiary/aromatic N) is 1. The van der Waals surface area contributed by atoms with Crippen LogP contribution in [0.5, 0.6) is 0 Å². The fourth-order valence-corrected chi connectivity index (χ4v) is 3.66. The molecule has 3 N–H and O–H groups in total. The smallest absolute Gasteiger partial charge is 0.325 e. The Kier molecular flexibility index (Phi) is 7.13. The Labute approximate surface area is 167 Å². The van der Waals surface area contributed by atoms with Crippen molar-refractivity contribution in [3.63, 3.8) is 0 Å². The van der Waals surface area contributed by atoms with Crippen LogP contribution >= 0.6 is 11.3 Å². The molecule has 0 saturated heterocycles. The molecule has 3 amide bonds. The molecule has 0 aliphatic heterocycles. The van der Waals surface area contributed by atoms with E-state index in [1.807, 2.05) is 0 Å². The second kappa shape index (κ2) is 9.98. The van der Waals surface area contributed by atoms with Crippen LogP contribution < -0.4 is 16.0 Å². The van der Waals surface area contributed by atoms with Gasteiger partial charge in [-0.25, -0.2) is 14.2 Å². The van der Waals surface area contributed by atoms with E-state index in [9.17, 15) is 14.0 Å². The summed E-state index contributed by atoms with van der Waals surface area (Å²) in [5, 5.41) is 10.3. The fourth-order valence-electron chi connectivity index (χ4n) is 2.96. The van der Waals surface area contributed by atoms with Gasteiger partial charge in [-0.1, -0.05) is 11.6 Å².